The Morgan fingerprint density at radius 2 is 1.78 bits per heavy atom. The third kappa shape index (κ3) is 2.65. The van der Waals surface area contributed by atoms with Crippen molar-refractivity contribution >= 4 is 23.2 Å². The van der Waals surface area contributed by atoms with Gasteiger partial charge in [0, 0.05) is 5.02 Å². The summed E-state index contributed by atoms with van der Waals surface area (Å²) in [6.07, 6.45) is 0. The van der Waals surface area contributed by atoms with Gasteiger partial charge in [-0.2, -0.15) is 0 Å². The second-order valence-corrected chi connectivity index (χ2v) is 4.88. The van der Waals surface area contributed by atoms with E-state index in [-0.39, 0.29) is 10.8 Å². The van der Waals surface area contributed by atoms with Gasteiger partial charge in [0.1, 0.15) is 11.6 Å². The normalized spacial score (nSPS) is 12.5. The fourth-order valence-corrected chi connectivity index (χ4v) is 2.37. The summed E-state index contributed by atoms with van der Waals surface area (Å²) in [5, 5.41) is -0.269. The molecule has 2 aromatic rings. The number of rotatable bonds is 2. The minimum absolute atomic E-state index is 0.261. The average molecular weight is 287 g/mol. The molecule has 2 aromatic carbocycles. The first-order valence-corrected chi connectivity index (χ1v) is 6.15. The number of halogens is 4. The fraction of sp³-hybridized carbons (Fsp3) is 0.143. The molecule has 4 heteroatoms. The summed E-state index contributed by atoms with van der Waals surface area (Å²) in [5.41, 5.74) is 1.84. The summed E-state index contributed by atoms with van der Waals surface area (Å²) < 4.78 is 26.1. The van der Waals surface area contributed by atoms with Crippen LogP contribution in [0.5, 0.6) is 0 Å². The van der Waals surface area contributed by atoms with Gasteiger partial charge < -0.3 is 0 Å². The van der Waals surface area contributed by atoms with Gasteiger partial charge in [-0.1, -0.05) is 29.8 Å². The fourth-order valence-electron chi connectivity index (χ4n) is 1.71. The predicted molar refractivity (Wildman–Crippen MR) is 70.2 cm³/mol. The maximum absolute atomic E-state index is 13.2. The summed E-state index contributed by atoms with van der Waals surface area (Å²) in [6, 6.07) is 8.66. The van der Waals surface area contributed by atoms with Gasteiger partial charge in [0.15, 0.2) is 0 Å². The van der Waals surface area contributed by atoms with Gasteiger partial charge in [-0.3, -0.25) is 0 Å². The molecule has 0 aliphatic carbocycles. The molecule has 0 fully saturated rings. The first-order chi connectivity index (χ1) is 8.49. The van der Waals surface area contributed by atoms with Crippen LogP contribution in [-0.2, 0) is 0 Å². The van der Waals surface area contributed by atoms with E-state index in [1.807, 2.05) is 0 Å². The van der Waals surface area contributed by atoms with Crippen LogP contribution in [0.3, 0.4) is 0 Å². The lowest BCUT2D eigenvalue weighted by molar-refractivity contribution is 0.617. The molecular formula is C14H10Cl2F2. The van der Waals surface area contributed by atoms with Crippen LogP contribution in [0.25, 0.3) is 0 Å². The van der Waals surface area contributed by atoms with Crippen LogP contribution in [0.2, 0.25) is 5.02 Å². The molecule has 0 aliphatic rings. The highest BCUT2D eigenvalue weighted by Gasteiger charge is 2.15. The third-order valence-electron chi connectivity index (χ3n) is 2.71. The van der Waals surface area contributed by atoms with Crippen molar-refractivity contribution in [1.82, 2.24) is 0 Å². The average Bonchev–Trinajstić information content (AvgIpc) is 2.32. The van der Waals surface area contributed by atoms with E-state index in [0.29, 0.717) is 11.1 Å². The highest BCUT2D eigenvalue weighted by molar-refractivity contribution is 6.33. The first-order valence-electron chi connectivity index (χ1n) is 5.34. The standard InChI is InChI=1S/C14H10Cl2F2/c1-8-6-9(2-5-13(8)18)14(16)11-4-3-10(17)7-12(11)15/h2-7,14H,1H3. The zero-order valence-electron chi connectivity index (χ0n) is 9.55. The van der Waals surface area contributed by atoms with E-state index in [9.17, 15) is 8.78 Å². The van der Waals surface area contributed by atoms with E-state index in [1.54, 1.807) is 19.1 Å². The molecule has 0 bridgehead atoms. The second-order valence-electron chi connectivity index (χ2n) is 4.04. The van der Waals surface area contributed by atoms with Crippen LogP contribution in [0, 0.1) is 18.6 Å². The Bertz CT molecular complexity index is 582. The summed E-state index contributed by atoms with van der Waals surface area (Å²) in [5.74, 6) is -0.698. The highest BCUT2D eigenvalue weighted by atomic mass is 35.5. The Morgan fingerprint density at radius 1 is 1.06 bits per heavy atom. The molecule has 0 saturated carbocycles. The summed E-state index contributed by atoms with van der Waals surface area (Å²) in [6.45, 7) is 1.66. The maximum atomic E-state index is 13.2. The molecule has 94 valence electrons. The Kier molecular flexibility index (Phi) is 3.88. The van der Waals surface area contributed by atoms with Crippen molar-refractivity contribution in [3.05, 3.63) is 69.7 Å². The van der Waals surface area contributed by atoms with Gasteiger partial charge in [0.05, 0.1) is 5.38 Å². The molecule has 0 amide bonds. The number of alkyl halides is 1. The van der Waals surface area contributed by atoms with Crippen molar-refractivity contribution in [3.8, 4) is 0 Å². The van der Waals surface area contributed by atoms with Gasteiger partial charge in [-0.25, -0.2) is 8.78 Å². The van der Waals surface area contributed by atoms with Crippen LogP contribution in [0.15, 0.2) is 36.4 Å². The Morgan fingerprint density at radius 3 is 2.39 bits per heavy atom. The monoisotopic (exact) mass is 286 g/mol. The lowest BCUT2D eigenvalue weighted by Crippen LogP contribution is -1.96. The lowest BCUT2D eigenvalue weighted by Gasteiger charge is -2.13. The molecule has 18 heavy (non-hydrogen) atoms. The number of aryl methyl sites for hydroxylation is 1. The summed E-state index contributed by atoms with van der Waals surface area (Å²) in [7, 11) is 0. The number of hydrogen-bond acceptors (Lipinski definition) is 0. The van der Waals surface area contributed by atoms with Crippen molar-refractivity contribution in [2.45, 2.75) is 12.3 Å². The quantitative estimate of drug-likeness (QED) is 0.661. The zero-order chi connectivity index (χ0) is 13.3. The van der Waals surface area contributed by atoms with E-state index in [2.05, 4.69) is 0 Å². The molecule has 0 N–H and O–H groups in total. The van der Waals surface area contributed by atoms with Gasteiger partial charge in [0.2, 0.25) is 0 Å². The van der Waals surface area contributed by atoms with Crippen LogP contribution in [0.1, 0.15) is 22.1 Å². The lowest BCUT2D eigenvalue weighted by atomic mass is 10.0. The molecule has 0 nitrogen and oxygen atoms in total. The van der Waals surface area contributed by atoms with Gasteiger partial charge >= 0.3 is 0 Å². The minimum atomic E-state index is -0.530. The van der Waals surface area contributed by atoms with Crippen molar-refractivity contribution in [1.29, 1.82) is 0 Å². The smallest absolute Gasteiger partial charge is 0.126 e. The number of benzene rings is 2. The molecule has 1 atom stereocenters. The zero-order valence-corrected chi connectivity index (χ0v) is 11.1. The van der Waals surface area contributed by atoms with Crippen molar-refractivity contribution in [2.24, 2.45) is 0 Å². The molecule has 1 unspecified atom stereocenters. The molecule has 0 aliphatic heterocycles. The second kappa shape index (κ2) is 5.25. The predicted octanol–water partition coefficient (Wildman–Crippen LogP) is 5.25. The maximum Gasteiger partial charge on any atom is 0.126 e. The van der Waals surface area contributed by atoms with Crippen LogP contribution >= 0.6 is 23.2 Å². The summed E-state index contributed by atoms with van der Waals surface area (Å²) >= 11 is 12.2. The molecule has 0 aromatic heterocycles. The largest absolute Gasteiger partial charge is 0.207 e. The Labute approximate surface area is 114 Å². The summed E-state index contributed by atoms with van der Waals surface area (Å²) in [4.78, 5) is 0. The van der Waals surface area contributed by atoms with Crippen LogP contribution in [-0.4, -0.2) is 0 Å². The number of hydrogen-bond donors (Lipinski definition) is 0. The van der Waals surface area contributed by atoms with Crippen molar-refractivity contribution in [3.63, 3.8) is 0 Å². The van der Waals surface area contributed by atoms with E-state index < -0.39 is 11.2 Å². The molecule has 0 spiro atoms. The van der Waals surface area contributed by atoms with Crippen LogP contribution < -0.4 is 0 Å². The van der Waals surface area contributed by atoms with Crippen molar-refractivity contribution < 1.29 is 8.78 Å². The molecule has 2 rings (SSSR count). The van der Waals surface area contributed by atoms with Crippen LogP contribution in [0.4, 0.5) is 8.78 Å². The van der Waals surface area contributed by atoms with E-state index in [0.717, 1.165) is 5.56 Å². The van der Waals surface area contributed by atoms with Gasteiger partial charge in [-0.05, 0) is 41.8 Å². The first kappa shape index (κ1) is 13.3. The Hall–Kier alpha value is -1.12. The molecule has 0 heterocycles. The Balaban J connectivity index is 2.41. The topological polar surface area (TPSA) is 0 Å². The molecule has 0 saturated heterocycles. The SMILES string of the molecule is Cc1cc(C(Cl)c2ccc(F)cc2Cl)ccc1F. The third-order valence-corrected chi connectivity index (χ3v) is 3.52. The van der Waals surface area contributed by atoms with Crippen molar-refractivity contribution in [2.75, 3.05) is 0 Å². The van der Waals surface area contributed by atoms with E-state index >= 15 is 0 Å². The van der Waals surface area contributed by atoms with E-state index in [4.69, 9.17) is 23.2 Å². The minimum Gasteiger partial charge on any atom is -0.207 e. The van der Waals surface area contributed by atoms with Gasteiger partial charge in [0.25, 0.3) is 0 Å². The molecular weight excluding hydrogens is 277 g/mol. The highest BCUT2D eigenvalue weighted by Crippen LogP contribution is 2.34. The van der Waals surface area contributed by atoms with Gasteiger partial charge in [-0.15, -0.1) is 11.6 Å². The molecule has 0 radical (unpaired) electrons. The van der Waals surface area contributed by atoms with E-state index in [1.165, 1.54) is 24.3 Å².